The van der Waals surface area contributed by atoms with Gasteiger partial charge >= 0.3 is 15.8 Å². The molecular formula is C7H6ClN2O3S+. The van der Waals surface area contributed by atoms with Gasteiger partial charge in [0.25, 0.3) is 0 Å². The summed E-state index contributed by atoms with van der Waals surface area (Å²) in [6, 6.07) is 2.43. The quantitative estimate of drug-likeness (QED) is 0.596. The SMILES string of the molecule is Cc1cc(Cl)cc(S(=O)(=O)O)c1[N+]#N. The van der Waals surface area contributed by atoms with Crippen LogP contribution >= 0.6 is 11.6 Å². The van der Waals surface area contributed by atoms with Crippen LogP contribution in [0.3, 0.4) is 0 Å². The molecule has 0 aliphatic carbocycles. The van der Waals surface area contributed by atoms with E-state index in [9.17, 15) is 8.42 Å². The van der Waals surface area contributed by atoms with Gasteiger partial charge in [0.2, 0.25) is 5.39 Å². The van der Waals surface area contributed by atoms with Gasteiger partial charge in [0.15, 0.2) is 9.87 Å². The summed E-state index contributed by atoms with van der Waals surface area (Å²) in [5, 5.41) is 8.70. The lowest BCUT2D eigenvalue weighted by Gasteiger charge is -1.96. The fourth-order valence-electron chi connectivity index (χ4n) is 1.03. The van der Waals surface area contributed by atoms with Crippen molar-refractivity contribution in [2.45, 2.75) is 11.8 Å². The maximum Gasteiger partial charge on any atom is 0.408 e. The number of benzene rings is 1. The highest BCUT2D eigenvalue weighted by molar-refractivity contribution is 7.86. The van der Waals surface area contributed by atoms with Gasteiger partial charge in [-0.3, -0.25) is 4.55 Å². The van der Waals surface area contributed by atoms with Crippen molar-refractivity contribution in [3.05, 3.63) is 27.7 Å². The third kappa shape index (κ3) is 2.01. The maximum atomic E-state index is 10.8. The first-order valence-electron chi connectivity index (χ1n) is 3.49. The van der Waals surface area contributed by atoms with E-state index in [-0.39, 0.29) is 10.7 Å². The Morgan fingerprint density at radius 2 is 2.07 bits per heavy atom. The highest BCUT2D eigenvalue weighted by atomic mass is 35.5. The molecule has 14 heavy (non-hydrogen) atoms. The lowest BCUT2D eigenvalue weighted by atomic mass is 10.2. The summed E-state index contributed by atoms with van der Waals surface area (Å²) in [5.74, 6) is 0. The van der Waals surface area contributed by atoms with Gasteiger partial charge in [-0.2, -0.15) is 8.42 Å². The van der Waals surface area contributed by atoms with Crippen LogP contribution in [0, 0.1) is 12.3 Å². The van der Waals surface area contributed by atoms with E-state index in [0.29, 0.717) is 5.56 Å². The third-order valence-corrected chi connectivity index (χ3v) is 2.69. The topological polar surface area (TPSA) is 82.5 Å². The van der Waals surface area contributed by atoms with Gasteiger partial charge in [0.05, 0.1) is 0 Å². The molecule has 74 valence electrons. The lowest BCUT2D eigenvalue weighted by Crippen LogP contribution is -1.99. The Morgan fingerprint density at radius 3 is 2.50 bits per heavy atom. The van der Waals surface area contributed by atoms with Gasteiger partial charge in [-0.05, 0) is 19.1 Å². The minimum Gasteiger partial charge on any atom is -0.282 e. The number of nitrogens with zero attached hydrogens (tertiary/aromatic N) is 2. The Kier molecular flexibility index (Phi) is 2.76. The predicted molar refractivity (Wildman–Crippen MR) is 50.7 cm³/mol. The molecule has 0 heterocycles. The molecule has 0 radical (unpaired) electrons. The Balaban J connectivity index is 3.68. The first kappa shape index (κ1) is 10.9. The van der Waals surface area contributed by atoms with Crippen molar-refractivity contribution in [2.75, 3.05) is 0 Å². The van der Waals surface area contributed by atoms with Crippen LogP contribution in [0.1, 0.15) is 5.56 Å². The Morgan fingerprint density at radius 1 is 1.50 bits per heavy atom. The monoisotopic (exact) mass is 233 g/mol. The second-order valence-electron chi connectivity index (χ2n) is 2.64. The van der Waals surface area contributed by atoms with Crippen LogP contribution in [0.2, 0.25) is 5.02 Å². The Bertz CT molecular complexity index is 518. The molecule has 1 rings (SSSR count). The molecule has 0 saturated heterocycles. The largest absolute Gasteiger partial charge is 0.408 e. The van der Waals surface area contributed by atoms with Crippen molar-refractivity contribution in [1.29, 1.82) is 5.39 Å². The molecule has 1 aromatic rings. The summed E-state index contributed by atoms with van der Waals surface area (Å²) < 4.78 is 30.5. The zero-order chi connectivity index (χ0) is 10.9. The number of hydrogen-bond acceptors (Lipinski definition) is 3. The van der Waals surface area contributed by atoms with Crippen molar-refractivity contribution >= 4 is 27.4 Å². The van der Waals surface area contributed by atoms with Crippen LogP contribution in [0.15, 0.2) is 17.0 Å². The zero-order valence-electron chi connectivity index (χ0n) is 7.10. The second kappa shape index (κ2) is 3.53. The van der Waals surface area contributed by atoms with Gasteiger partial charge in [-0.25, -0.2) is 0 Å². The van der Waals surface area contributed by atoms with Gasteiger partial charge in [0, 0.05) is 10.6 Å². The molecule has 0 fully saturated rings. The normalized spacial score (nSPS) is 11.0. The summed E-state index contributed by atoms with van der Waals surface area (Å²) in [4.78, 5) is 2.27. The smallest absolute Gasteiger partial charge is 0.282 e. The molecule has 1 aromatic carbocycles. The van der Waals surface area contributed by atoms with Gasteiger partial charge in [-0.15, -0.1) is 0 Å². The van der Waals surface area contributed by atoms with E-state index < -0.39 is 15.0 Å². The Hall–Kier alpha value is -1.16. The van der Waals surface area contributed by atoms with Crippen molar-refractivity contribution in [3.63, 3.8) is 0 Å². The molecule has 0 bridgehead atoms. The molecular weight excluding hydrogens is 228 g/mol. The number of halogens is 1. The van der Waals surface area contributed by atoms with Gasteiger partial charge < -0.3 is 0 Å². The summed E-state index contributed by atoms with van der Waals surface area (Å²) in [6.45, 7) is 1.51. The number of aryl methyl sites for hydroxylation is 1. The van der Waals surface area contributed by atoms with E-state index in [2.05, 4.69) is 4.98 Å². The number of rotatable bonds is 1. The Labute approximate surface area is 85.7 Å². The zero-order valence-corrected chi connectivity index (χ0v) is 8.67. The van der Waals surface area contributed by atoms with Gasteiger partial charge in [0.1, 0.15) is 0 Å². The average Bonchev–Trinajstić information content (AvgIpc) is 2.01. The van der Waals surface area contributed by atoms with Crippen molar-refractivity contribution in [3.8, 4) is 0 Å². The summed E-state index contributed by atoms with van der Waals surface area (Å²) in [7, 11) is -4.43. The fourth-order valence-corrected chi connectivity index (χ4v) is 2.09. The molecule has 0 atom stereocenters. The van der Waals surface area contributed by atoms with Crippen molar-refractivity contribution in [1.82, 2.24) is 0 Å². The molecule has 7 heteroatoms. The number of diazo groups is 1. The first-order chi connectivity index (χ1) is 6.36. The van der Waals surface area contributed by atoms with E-state index in [4.69, 9.17) is 21.5 Å². The van der Waals surface area contributed by atoms with Crippen LogP contribution in [-0.4, -0.2) is 13.0 Å². The van der Waals surface area contributed by atoms with E-state index in [1.54, 1.807) is 0 Å². The third-order valence-electron chi connectivity index (χ3n) is 1.61. The molecule has 0 aliphatic rings. The average molecular weight is 234 g/mol. The maximum absolute atomic E-state index is 10.8. The first-order valence-corrected chi connectivity index (χ1v) is 5.31. The van der Waals surface area contributed by atoms with E-state index in [0.717, 1.165) is 6.07 Å². The van der Waals surface area contributed by atoms with Crippen molar-refractivity contribution < 1.29 is 13.0 Å². The molecule has 0 aromatic heterocycles. The van der Waals surface area contributed by atoms with E-state index in [1.807, 2.05) is 0 Å². The molecule has 0 saturated carbocycles. The van der Waals surface area contributed by atoms with Crippen LogP contribution in [0.4, 0.5) is 5.69 Å². The van der Waals surface area contributed by atoms with Crippen molar-refractivity contribution in [2.24, 2.45) is 0 Å². The minimum absolute atomic E-state index is 0.141. The van der Waals surface area contributed by atoms with Crippen LogP contribution in [0.5, 0.6) is 0 Å². The summed E-state index contributed by atoms with van der Waals surface area (Å²) in [5.41, 5.74) is 0.143. The number of hydrogen-bond donors (Lipinski definition) is 1. The second-order valence-corrected chi connectivity index (χ2v) is 4.47. The minimum atomic E-state index is -4.43. The van der Waals surface area contributed by atoms with E-state index >= 15 is 0 Å². The lowest BCUT2D eigenvalue weighted by molar-refractivity contribution is 0.483. The molecule has 0 amide bonds. The van der Waals surface area contributed by atoms with E-state index in [1.165, 1.54) is 13.0 Å². The standard InChI is InChI=1S/C7H5ClN2O3S/c1-4-2-5(8)3-6(7(4)10-9)14(11,12)13/h2-3H,1H3/p+1. The highest BCUT2D eigenvalue weighted by Crippen LogP contribution is 2.31. The molecule has 5 nitrogen and oxygen atoms in total. The summed E-state index contributed by atoms with van der Waals surface area (Å²) in [6.07, 6.45) is 0. The van der Waals surface area contributed by atoms with Crippen LogP contribution < -0.4 is 0 Å². The van der Waals surface area contributed by atoms with Crippen LogP contribution in [0.25, 0.3) is 4.98 Å². The molecule has 0 aliphatic heterocycles. The van der Waals surface area contributed by atoms with Crippen LogP contribution in [-0.2, 0) is 10.1 Å². The fraction of sp³-hybridized carbons (Fsp3) is 0.143. The molecule has 1 N–H and O–H groups in total. The molecule has 0 unspecified atom stereocenters. The predicted octanol–water partition coefficient (Wildman–Crippen LogP) is 2.38. The van der Waals surface area contributed by atoms with Gasteiger partial charge in [-0.1, -0.05) is 11.6 Å². The highest BCUT2D eigenvalue weighted by Gasteiger charge is 2.27. The summed E-state index contributed by atoms with van der Waals surface area (Å²) >= 11 is 5.59. The molecule has 0 spiro atoms.